The molecule has 2 N–H and O–H groups in total. The Morgan fingerprint density at radius 1 is 1.28 bits per heavy atom. The number of pyridine rings is 1. The minimum Gasteiger partial charge on any atom is -0.335 e. The number of benzene rings is 1. The topological polar surface area (TPSA) is 77.6 Å². The molecular weight excluding hydrogens is 366 g/mol. The molecule has 1 aromatic heterocycles. The average Bonchev–Trinajstić information content (AvgIpc) is 2.71. The highest BCUT2D eigenvalue weighted by atomic mass is 16.2. The van der Waals surface area contributed by atoms with Crippen LogP contribution in [-0.2, 0) is 4.79 Å². The lowest BCUT2D eigenvalue weighted by Gasteiger charge is -2.35. The smallest absolute Gasteiger partial charge is 0.256 e. The van der Waals surface area contributed by atoms with Gasteiger partial charge in [-0.25, -0.2) is 4.98 Å². The predicted molar refractivity (Wildman–Crippen MR) is 113 cm³/mol. The van der Waals surface area contributed by atoms with Crippen LogP contribution in [0.3, 0.4) is 0 Å². The maximum absolute atomic E-state index is 12.4. The van der Waals surface area contributed by atoms with Gasteiger partial charge in [0, 0.05) is 25.5 Å². The second-order valence-corrected chi connectivity index (χ2v) is 8.01. The van der Waals surface area contributed by atoms with Gasteiger partial charge >= 0.3 is 0 Å². The maximum atomic E-state index is 12.4. The molecule has 0 spiro atoms. The van der Waals surface area contributed by atoms with Gasteiger partial charge < -0.3 is 15.5 Å². The molecule has 0 unspecified atom stereocenters. The lowest BCUT2D eigenvalue weighted by atomic mass is 10.0. The summed E-state index contributed by atoms with van der Waals surface area (Å²) in [6, 6.07) is 11.1. The van der Waals surface area contributed by atoms with Gasteiger partial charge in [0.1, 0.15) is 12.0 Å². The van der Waals surface area contributed by atoms with E-state index in [1.165, 1.54) is 6.42 Å². The van der Waals surface area contributed by atoms with Crippen molar-refractivity contribution in [2.24, 2.45) is 5.92 Å². The highest BCUT2D eigenvalue weighted by Crippen LogP contribution is 2.30. The normalized spacial score (nSPS) is 22.0. The lowest BCUT2D eigenvalue weighted by molar-refractivity contribution is -0.117. The van der Waals surface area contributed by atoms with Crippen molar-refractivity contribution in [2.75, 3.05) is 36.9 Å². The molecule has 4 rings (SSSR count). The number of rotatable bonds is 4. The van der Waals surface area contributed by atoms with Crippen LogP contribution in [-0.4, -0.2) is 48.4 Å². The number of piperidine rings is 1. The molecule has 0 bridgehead atoms. The van der Waals surface area contributed by atoms with Gasteiger partial charge in [-0.05, 0) is 55.1 Å². The molecule has 2 aliphatic rings. The summed E-state index contributed by atoms with van der Waals surface area (Å²) in [5, 5.41) is 5.99. The van der Waals surface area contributed by atoms with E-state index >= 15 is 0 Å². The fourth-order valence-electron chi connectivity index (χ4n) is 4.17. The van der Waals surface area contributed by atoms with Crippen molar-refractivity contribution in [3.8, 4) is 0 Å². The van der Waals surface area contributed by atoms with Crippen LogP contribution in [0.4, 0.5) is 11.5 Å². The van der Waals surface area contributed by atoms with E-state index in [1.54, 1.807) is 18.3 Å². The van der Waals surface area contributed by atoms with Gasteiger partial charge in [-0.3, -0.25) is 14.5 Å². The third-order valence-corrected chi connectivity index (χ3v) is 5.64. The zero-order valence-electron chi connectivity index (χ0n) is 16.9. The Morgan fingerprint density at radius 2 is 2.07 bits per heavy atom. The molecule has 1 aromatic carbocycles. The Kier molecular flexibility index (Phi) is 5.49. The van der Waals surface area contributed by atoms with Crippen molar-refractivity contribution in [1.82, 2.24) is 15.2 Å². The molecule has 2 amide bonds. The molecule has 0 aliphatic carbocycles. The number of aromatic nitrogens is 1. The van der Waals surface area contributed by atoms with E-state index < -0.39 is 0 Å². The van der Waals surface area contributed by atoms with E-state index in [2.05, 4.69) is 27.4 Å². The Morgan fingerprint density at radius 3 is 2.83 bits per heavy atom. The molecule has 29 heavy (non-hydrogen) atoms. The zero-order chi connectivity index (χ0) is 20.4. The van der Waals surface area contributed by atoms with Gasteiger partial charge in [0.2, 0.25) is 5.91 Å². The lowest BCUT2D eigenvalue weighted by Crippen LogP contribution is -2.45. The van der Waals surface area contributed by atoms with Crippen LogP contribution in [0.2, 0.25) is 0 Å². The van der Waals surface area contributed by atoms with Gasteiger partial charge in [-0.2, -0.15) is 0 Å². The number of carbonyl (C=O) groups is 2. The minimum absolute atomic E-state index is 0.00747. The molecule has 2 atom stereocenters. The van der Waals surface area contributed by atoms with E-state index in [-0.39, 0.29) is 18.0 Å². The van der Waals surface area contributed by atoms with Crippen molar-refractivity contribution in [1.29, 1.82) is 0 Å². The van der Waals surface area contributed by atoms with E-state index in [1.807, 2.05) is 36.2 Å². The summed E-state index contributed by atoms with van der Waals surface area (Å²) >= 11 is 0. The molecule has 0 radical (unpaired) electrons. The zero-order valence-corrected chi connectivity index (χ0v) is 16.9. The standard InChI is InChI=1S/C22H27N5O2/c1-15-5-4-12-27(13-15)14-19(28)24-17-9-7-16(8-10-17)20-25-22(29)18-6-3-11-23-21(18)26(20)2/h3,6-11,15,20H,4-5,12-14H2,1-2H3,(H,24,28)(H,25,29)/t15-,20+/m1/s1. The summed E-state index contributed by atoms with van der Waals surface area (Å²) in [5.41, 5.74) is 2.26. The van der Waals surface area contributed by atoms with E-state index in [9.17, 15) is 9.59 Å². The quantitative estimate of drug-likeness (QED) is 0.835. The highest BCUT2D eigenvalue weighted by Gasteiger charge is 2.30. The van der Waals surface area contributed by atoms with Crippen molar-refractivity contribution in [3.63, 3.8) is 0 Å². The fraction of sp³-hybridized carbons (Fsp3) is 0.409. The molecule has 3 heterocycles. The van der Waals surface area contributed by atoms with Crippen molar-refractivity contribution in [2.45, 2.75) is 25.9 Å². The largest absolute Gasteiger partial charge is 0.335 e. The first-order valence-corrected chi connectivity index (χ1v) is 10.1. The first kappa shape index (κ1) is 19.4. The minimum atomic E-state index is -0.301. The first-order valence-electron chi connectivity index (χ1n) is 10.1. The van der Waals surface area contributed by atoms with Crippen LogP contribution in [0.25, 0.3) is 0 Å². The van der Waals surface area contributed by atoms with E-state index in [0.717, 1.165) is 30.8 Å². The summed E-state index contributed by atoms with van der Waals surface area (Å²) in [5.74, 6) is 1.19. The predicted octanol–water partition coefficient (Wildman–Crippen LogP) is 2.63. The molecule has 2 aromatic rings. The number of hydrogen-bond donors (Lipinski definition) is 2. The van der Waals surface area contributed by atoms with Crippen LogP contribution in [0.1, 0.15) is 41.9 Å². The van der Waals surface area contributed by atoms with Gasteiger partial charge in [-0.1, -0.05) is 19.1 Å². The summed E-state index contributed by atoms with van der Waals surface area (Å²) in [6.45, 7) is 4.63. The highest BCUT2D eigenvalue weighted by molar-refractivity contribution is 6.01. The van der Waals surface area contributed by atoms with Crippen LogP contribution in [0.5, 0.6) is 0 Å². The van der Waals surface area contributed by atoms with Crippen LogP contribution >= 0.6 is 0 Å². The Bertz CT molecular complexity index is 898. The third kappa shape index (κ3) is 4.24. The van der Waals surface area contributed by atoms with Crippen LogP contribution in [0, 0.1) is 5.92 Å². The van der Waals surface area contributed by atoms with Crippen molar-refractivity contribution >= 4 is 23.3 Å². The van der Waals surface area contributed by atoms with Crippen LogP contribution in [0.15, 0.2) is 42.6 Å². The second-order valence-electron chi connectivity index (χ2n) is 8.01. The fourth-order valence-corrected chi connectivity index (χ4v) is 4.17. The molecule has 7 heteroatoms. The molecule has 152 valence electrons. The SMILES string of the molecule is C[C@@H]1CCCN(CC(=O)Nc2ccc([C@H]3NC(=O)c4cccnc4N3C)cc2)C1. The van der Waals surface area contributed by atoms with Crippen molar-refractivity contribution < 1.29 is 9.59 Å². The van der Waals surface area contributed by atoms with E-state index in [0.29, 0.717) is 23.8 Å². The number of hydrogen-bond acceptors (Lipinski definition) is 5. The number of fused-ring (bicyclic) bond motifs is 1. The number of amides is 2. The van der Waals surface area contributed by atoms with Gasteiger partial charge in [-0.15, -0.1) is 0 Å². The Hall–Kier alpha value is -2.93. The Balaban J connectivity index is 1.40. The average molecular weight is 393 g/mol. The first-order chi connectivity index (χ1) is 14.0. The van der Waals surface area contributed by atoms with Gasteiger partial charge in [0.05, 0.1) is 12.1 Å². The maximum Gasteiger partial charge on any atom is 0.256 e. The van der Waals surface area contributed by atoms with Gasteiger partial charge in [0.25, 0.3) is 5.91 Å². The molecule has 1 fully saturated rings. The number of nitrogens with zero attached hydrogens (tertiary/aromatic N) is 3. The summed E-state index contributed by atoms with van der Waals surface area (Å²) in [4.78, 5) is 33.3. The second kappa shape index (κ2) is 8.21. The summed E-state index contributed by atoms with van der Waals surface area (Å²) in [6.07, 6.45) is 3.78. The summed E-state index contributed by atoms with van der Waals surface area (Å²) < 4.78 is 0. The Labute approximate surface area is 171 Å². The molecule has 1 saturated heterocycles. The number of nitrogens with one attached hydrogen (secondary N) is 2. The molecule has 2 aliphatic heterocycles. The number of carbonyl (C=O) groups excluding carboxylic acids is 2. The molecular formula is C22H27N5O2. The van der Waals surface area contributed by atoms with Crippen molar-refractivity contribution in [3.05, 3.63) is 53.7 Å². The number of anilines is 2. The molecule has 7 nitrogen and oxygen atoms in total. The third-order valence-electron chi connectivity index (χ3n) is 5.64. The number of likely N-dealkylation sites (tertiary alicyclic amines) is 1. The van der Waals surface area contributed by atoms with E-state index in [4.69, 9.17) is 0 Å². The van der Waals surface area contributed by atoms with Gasteiger partial charge in [0.15, 0.2) is 0 Å². The summed E-state index contributed by atoms with van der Waals surface area (Å²) in [7, 11) is 1.91. The van der Waals surface area contributed by atoms with Crippen LogP contribution < -0.4 is 15.5 Å². The monoisotopic (exact) mass is 393 g/mol. The molecule has 0 saturated carbocycles.